The number of para-hydroxylation sites is 1. The van der Waals surface area contributed by atoms with E-state index in [1.807, 2.05) is 18.2 Å². The molecule has 0 aliphatic heterocycles. The summed E-state index contributed by atoms with van der Waals surface area (Å²) in [5, 5.41) is 0. The first-order chi connectivity index (χ1) is 12.7. The molecule has 4 aromatic rings. The Labute approximate surface area is 149 Å². The quantitative estimate of drug-likeness (QED) is 0.541. The molecule has 0 saturated heterocycles. The van der Waals surface area contributed by atoms with Crippen LogP contribution in [-0.4, -0.2) is 15.8 Å². The number of imidazole rings is 1. The average Bonchev–Trinajstić information content (AvgIpc) is 3.09. The fourth-order valence-corrected chi connectivity index (χ4v) is 2.74. The highest BCUT2D eigenvalue weighted by atomic mass is 19.1. The van der Waals surface area contributed by atoms with E-state index in [0.717, 1.165) is 11.0 Å². The van der Waals surface area contributed by atoms with Crippen LogP contribution in [0, 0.1) is 5.82 Å². The van der Waals surface area contributed by atoms with Crippen LogP contribution in [0.5, 0.6) is 5.75 Å². The standard InChI is InChI=1S/C21H15FN2O2/c22-16-8-4-5-9-19(16)26-13-20-23-17-11-10-15(12-18(17)24-20)21(25)14-6-2-1-3-7-14/h1-12H,13H2,(H,23,24). The first-order valence-electron chi connectivity index (χ1n) is 8.16. The Balaban J connectivity index is 1.56. The average molecular weight is 346 g/mol. The van der Waals surface area contributed by atoms with E-state index in [9.17, 15) is 9.18 Å². The lowest BCUT2D eigenvalue weighted by Gasteiger charge is -2.04. The van der Waals surface area contributed by atoms with Crippen LogP contribution in [0.25, 0.3) is 11.0 Å². The van der Waals surface area contributed by atoms with E-state index in [-0.39, 0.29) is 18.1 Å². The molecule has 0 bridgehead atoms. The first-order valence-corrected chi connectivity index (χ1v) is 8.16. The highest BCUT2D eigenvalue weighted by Gasteiger charge is 2.11. The minimum atomic E-state index is -0.417. The molecule has 0 radical (unpaired) electrons. The molecule has 4 nitrogen and oxygen atoms in total. The van der Waals surface area contributed by atoms with Gasteiger partial charge >= 0.3 is 0 Å². The van der Waals surface area contributed by atoms with Crippen molar-refractivity contribution in [3.63, 3.8) is 0 Å². The summed E-state index contributed by atoms with van der Waals surface area (Å²) in [4.78, 5) is 20.1. The Morgan fingerprint density at radius 2 is 1.73 bits per heavy atom. The van der Waals surface area contributed by atoms with Crippen LogP contribution in [0.2, 0.25) is 0 Å². The number of aromatic amines is 1. The number of benzene rings is 3. The smallest absolute Gasteiger partial charge is 0.193 e. The molecule has 1 heterocycles. The van der Waals surface area contributed by atoms with Crippen LogP contribution in [-0.2, 0) is 6.61 Å². The van der Waals surface area contributed by atoms with Crippen LogP contribution in [0.3, 0.4) is 0 Å². The molecule has 0 atom stereocenters. The van der Waals surface area contributed by atoms with Gasteiger partial charge in [-0.1, -0.05) is 42.5 Å². The summed E-state index contributed by atoms with van der Waals surface area (Å²) in [7, 11) is 0. The molecule has 0 spiro atoms. The lowest BCUT2D eigenvalue weighted by Crippen LogP contribution is -2.00. The zero-order chi connectivity index (χ0) is 17.9. The predicted octanol–water partition coefficient (Wildman–Crippen LogP) is 4.51. The number of ether oxygens (including phenoxy) is 1. The molecule has 3 aromatic carbocycles. The number of nitrogens with zero attached hydrogens (tertiary/aromatic N) is 1. The van der Waals surface area contributed by atoms with Crippen LogP contribution in [0.15, 0.2) is 72.8 Å². The van der Waals surface area contributed by atoms with Gasteiger partial charge in [0.05, 0.1) is 11.0 Å². The summed E-state index contributed by atoms with van der Waals surface area (Å²) < 4.78 is 19.1. The number of H-pyrrole nitrogens is 1. The molecule has 4 rings (SSSR count). The number of hydrogen-bond acceptors (Lipinski definition) is 3. The van der Waals surface area contributed by atoms with Crippen molar-refractivity contribution in [3.05, 3.63) is 95.6 Å². The second-order valence-electron chi connectivity index (χ2n) is 5.83. The summed E-state index contributed by atoms with van der Waals surface area (Å²) >= 11 is 0. The van der Waals surface area contributed by atoms with Crippen molar-refractivity contribution < 1.29 is 13.9 Å². The van der Waals surface area contributed by atoms with E-state index in [2.05, 4.69) is 9.97 Å². The van der Waals surface area contributed by atoms with Gasteiger partial charge in [-0.25, -0.2) is 9.37 Å². The van der Waals surface area contributed by atoms with E-state index in [0.29, 0.717) is 17.0 Å². The van der Waals surface area contributed by atoms with Gasteiger partial charge in [-0.3, -0.25) is 4.79 Å². The third-order valence-electron chi connectivity index (χ3n) is 4.03. The van der Waals surface area contributed by atoms with Crippen LogP contribution in [0.4, 0.5) is 4.39 Å². The molecule has 1 N–H and O–H groups in total. The SMILES string of the molecule is O=C(c1ccccc1)c1ccc2nc(COc3ccccc3F)[nH]c2c1. The molecule has 0 saturated carbocycles. The molecule has 1 aromatic heterocycles. The van der Waals surface area contributed by atoms with Gasteiger partial charge in [0.1, 0.15) is 12.4 Å². The maximum absolute atomic E-state index is 13.6. The molecular weight excluding hydrogens is 331 g/mol. The highest BCUT2D eigenvalue weighted by Crippen LogP contribution is 2.19. The van der Waals surface area contributed by atoms with Crippen molar-refractivity contribution in [2.75, 3.05) is 0 Å². The van der Waals surface area contributed by atoms with E-state index in [1.165, 1.54) is 6.07 Å². The molecule has 0 amide bonds. The fourth-order valence-electron chi connectivity index (χ4n) is 2.74. The molecule has 0 aliphatic rings. The molecule has 128 valence electrons. The summed E-state index contributed by atoms with van der Waals surface area (Å²) in [5.41, 5.74) is 2.67. The zero-order valence-electron chi connectivity index (χ0n) is 13.8. The monoisotopic (exact) mass is 346 g/mol. The Morgan fingerprint density at radius 1 is 0.962 bits per heavy atom. The minimum Gasteiger partial charge on any atom is -0.483 e. The Hall–Kier alpha value is -3.47. The van der Waals surface area contributed by atoms with Crippen LogP contribution >= 0.6 is 0 Å². The number of fused-ring (bicyclic) bond motifs is 1. The maximum atomic E-state index is 13.6. The van der Waals surface area contributed by atoms with Gasteiger partial charge in [0, 0.05) is 11.1 Å². The summed E-state index contributed by atoms with van der Waals surface area (Å²) in [5.74, 6) is 0.270. The topological polar surface area (TPSA) is 55.0 Å². The largest absolute Gasteiger partial charge is 0.483 e. The Kier molecular flexibility index (Phi) is 4.19. The van der Waals surface area contributed by atoms with E-state index >= 15 is 0 Å². The first kappa shape index (κ1) is 16.0. The fraction of sp³-hybridized carbons (Fsp3) is 0.0476. The van der Waals surface area contributed by atoms with Crippen molar-refractivity contribution in [1.82, 2.24) is 9.97 Å². The van der Waals surface area contributed by atoms with Crippen LogP contribution < -0.4 is 4.74 Å². The third kappa shape index (κ3) is 3.19. The summed E-state index contributed by atoms with van der Waals surface area (Å²) in [6.07, 6.45) is 0. The second kappa shape index (κ2) is 6.80. The van der Waals surface area contributed by atoms with Gasteiger partial charge in [-0.2, -0.15) is 0 Å². The number of halogens is 1. The van der Waals surface area contributed by atoms with Crippen molar-refractivity contribution in [2.45, 2.75) is 6.61 Å². The van der Waals surface area contributed by atoms with Crippen LogP contribution in [0.1, 0.15) is 21.7 Å². The Morgan fingerprint density at radius 3 is 2.54 bits per heavy atom. The van der Waals surface area contributed by atoms with Gasteiger partial charge < -0.3 is 9.72 Å². The number of aromatic nitrogens is 2. The minimum absolute atomic E-state index is 0.0498. The molecule has 0 unspecified atom stereocenters. The van der Waals surface area contributed by atoms with E-state index < -0.39 is 5.82 Å². The number of carbonyl (C=O) groups excluding carboxylic acids is 1. The third-order valence-corrected chi connectivity index (χ3v) is 4.03. The lowest BCUT2D eigenvalue weighted by molar-refractivity contribution is 0.103. The van der Waals surface area contributed by atoms with E-state index in [4.69, 9.17) is 4.74 Å². The van der Waals surface area contributed by atoms with Gasteiger partial charge in [0.2, 0.25) is 0 Å². The number of nitrogens with one attached hydrogen (secondary N) is 1. The Bertz CT molecular complexity index is 1070. The zero-order valence-corrected chi connectivity index (χ0v) is 13.8. The molecule has 0 fully saturated rings. The second-order valence-corrected chi connectivity index (χ2v) is 5.83. The van der Waals surface area contributed by atoms with Crippen molar-refractivity contribution in [3.8, 4) is 5.75 Å². The number of ketones is 1. The highest BCUT2D eigenvalue weighted by molar-refractivity contribution is 6.10. The van der Waals surface area contributed by atoms with Crippen molar-refractivity contribution in [1.29, 1.82) is 0 Å². The number of carbonyl (C=O) groups is 1. The van der Waals surface area contributed by atoms with Gasteiger partial charge in [0.25, 0.3) is 0 Å². The maximum Gasteiger partial charge on any atom is 0.193 e. The van der Waals surface area contributed by atoms with Crippen molar-refractivity contribution in [2.24, 2.45) is 0 Å². The number of rotatable bonds is 5. The van der Waals surface area contributed by atoms with Crippen molar-refractivity contribution >= 4 is 16.8 Å². The molecule has 0 aliphatic carbocycles. The lowest BCUT2D eigenvalue weighted by atomic mass is 10.0. The number of hydrogen-bond donors (Lipinski definition) is 1. The molecular formula is C21H15FN2O2. The summed E-state index contributed by atoms with van der Waals surface area (Å²) in [6.45, 7) is 0.109. The van der Waals surface area contributed by atoms with E-state index in [1.54, 1.807) is 48.5 Å². The van der Waals surface area contributed by atoms with Gasteiger partial charge in [0.15, 0.2) is 17.3 Å². The molecule has 5 heteroatoms. The molecule has 26 heavy (non-hydrogen) atoms. The van der Waals surface area contributed by atoms with Gasteiger partial charge in [-0.05, 0) is 30.3 Å². The normalized spacial score (nSPS) is 10.8. The van der Waals surface area contributed by atoms with Gasteiger partial charge in [-0.15, -0.1) is 0 Å². The predicted molar refractivity (Wildman–Crippen MR) is 96.7 cm³/mol. The summed E-state index contributed by atoms with van der Waals surface area (Å²) in [6, 6.07) is 20.6.